The molecule has 1 heterocycles. The van der Waals surface area contributed by atoms with E-state index < -0.39 is 0 Å². The van der Waals surface area contributed by atoms with Crippen molar-refractivity contribution in [2.75, 3.05) is 0 Å². The number of hydrogen-bond donors (Lipinski definition) is 0. The molecule has 3 rings (SSSR count). The molecule has 1 aliphatic heterocycles. The van der Waals surface area contributed by atoms with E-state index in [1.807, 2.05) is 0 Å². The quantitative estimate of drug-likeness (QED) is 0.0273. The third kappa shape index (κ3) is 47.3. The van der Waals surface area contributed by atoms with Crippen LogP contribution in [0.1, 0.15) is 423 Å². The Balaban J connectivity index is 0.000000676. The second kappa shape index (κ2) is 63.9. The van der Waals surface area contributed by atoms with Crippen LogP contribution in [0.3, 0.4) is 0 Å². The topological polar surface area (TPSA) is 25.3 Å². The Morgan fingerprint density at radius 2 is 0.690 bits per heavy atom. The van der Waals surface area contributed by atoms with Crippen molar-refractivity contribution < 1.29 is 19.1 Å². The van der Waals surface area contributed by atoms with Crippen molar-refractivity contribution in [2.24, 2.45) is 0 Å². The number of rotatable bonds is 64. The monoisotopic (exact) mass is 1240 g/mol. The van der Waals surface area contributed by atoms with Crippen LogP contribution in [-0.2, 0) is 27.3 Å². The SMILES string of the molecule is CCCC=CCCc1ccccc1C1=CC(CCCCC)=C(c2cccc(CC)c2)[N+]1=[N-].CCCCCCCCCCCCCCCCCCCCCCCCCC[CH2][Ni][CH2]CCCCCCCCCCCCCCCCCCCCCCCCCC. The molecule has 0 unspecified atom stereocenters. The zero-order valence-electron chi connectivity index (χ0n) is 59.2. The summed E-state index contributed by atoms with van der Waals surface area (Å²) in [6.07, 6.45) is 90.8. The van der Waals surface area contributed by atoms with Crippen LogP contribution in [-0.4, -0.2) is 4.70 Å². The van der Waals surface area contributed by atoms with E-state index >= 15 is 0 Å². The summed E-state index contributed by atoms with van der Waals surface area (Å²) in [6.45, 7) is 11.2. The number of allylic oxidation sites excluding steroid dienone is 4. The molecule has 87 heavy (non-hydrogen) atoms. The van der Waals surface area contributed by atoms with Crippen LogP contribution >= 0.6 is 0 Å². The first kappa shape index (κ1) is 80.8. The van der Waals surface area contributed by atoms with Gasteiger partial charge in [0.2, 0.25) is 11.4 Å². The molecule has 0 aliphatic carbocycles. The molecule has 2 aromatic carbocycles. The van der Waals surface area contributed by atoms with E-state index in [1.54, 1.807) is 0 Å². The van der Waals surface area contributed by atoms with Gasteiger partial charge in [-0.05, 0) is 67.9 Å². The number of nitrogens with zero attached hydrogens (tertiary/aromatic N) is 2. The van der Waals surface area contributed by atoms with Crippen LogP contribution in [0.25, 0.3) is 16.9 Å². The van der Waals surface area contributed by atoms with E-state index in [-0.39, 0.29) is 0 Å². The van der Waals surface area contributed by atoms with E-state index in [4.69, 9.17) is 0 Å². The summed E-state index contributed by atoms with van der Waals surface area (Å²) in [6, 6.07) is 17.1. The molecule has 0 radical (unpaired) electrons. The molecule has 0 aromatic heterocycles. The van der Waals surface area contributed by atoms with Gasteiger partial charge in [0, 0.05) is 22.8 Å². The van der Waals surface area contributed by atoms with Crippen molar-refractivity contribution in [3.63, 3.8) is 0 Å². The zero-order valence-corrected chi connectivity index (χ0v) is 60.2. The summed E-state index contributed by atoms with van der Waals surface area (Å²) in [5, 5.41) is 2.87. The average molecular weight is 1240 g/mol. The Bertz CT molecular complexity index is 1830. The van der Waals surface area contributed by atoms with Crippen LogP contribution in [0.15, 0.2) is 72.3 Å². The van der Waals surface area contributed by atoms with Crippen molar-refractivity contribution in [3.05, 3.63) is 100 Å². The molecule has 0 spiro atoms. The van der Waals surface area contributed by atoms with Gasteiger partial charge in [-0.2, -0.15) is 0 Å². The second-order valence-corrected chi connectivity index (χ2v) is 28.6. The van der Waals surface area contributed by atoms with Crippen molar-refractivity contribution >= 4 is 11.4 Å². The van der Waals surface area contributed by atoms with Gasteiger partial charge in [-0.1, -0.05) is 276 Å². The van der Waals surface area contributed by atoms with Crippen molar-refractivity contribution in [2.45, 2.75) is 424 Å². The van der Waals surface area contributed by atoms with Gasteiger partial charge in [-0.3, -0.25) is 0 Å². The van der Waals surface area contributed by atoms with Gasteiger partial charge in [0.1, 0.15) is 0 Å². The number of benzene rings is 2. The fourth-order valence-corrected chi connectivity index (χ4v) is 14.3. The molecule has 2 aromatic rings. The molecular formula is C84H148N2Ni. The minimum Gasteiger partial charge on any atom is -0.0654 e. The van der Waals surface area contributed by atoms with E-state index in [0.717, 1.165) is 61.0 Å². The molecule has 0 fully saturated rings. The second-order valence-electron chi connectivity index (χ2n) is 27.1. The molecule has 504 valence electrons. The molecule has 0 bridgehead atoms. The summed E-state index contributed by atoms with van der Waals surface area (Å²) in [4.78, 5) is 0. The number of aryl methyl sites for hydroxylation is 2. The average Bonchev–Trinajstić information content (AvgIpc) is 1.91. The van der Waals surface area contributed by atoms with E-state index in [1.165, 1.54) is 372 Å². The molecule has 0 saturated heterocycles. The summed E-state index contributed by atoms with van der Waals surface area (Å²) in [5.74, 6) is 0. The van der Waals surface area contributed by atoms with Crippen LogP contribution in [0, 0.1) is 0 Å². The molecule has 0 atom stereocenters. The molecule has 0 N–H and O–H groups in total. The van der Waals surface area contributed by atoms with E-state index in [2.05, 4.69) is 116 Å². The summed E-state index contributed by atoms with van der Waals surface area (Å²) in [7, 11) is 0. The number of hydrogen-bond acceptors (Lipinski definition) is 0. The maximum atomic E-state index is 11.4. The van der Waals surface area contributed by atoms with Gasteiger partial charge in [0.25, 0.3) is 0 Å². The fourth-order valence-electron chi connectivity index (χ4n) is 13.0. The van der Waals surface area contributed by atoms with Gasteiger partial charge in [0.15, 0.2) is 0 Å². The smallest absolute Gasteiger partial charge is 0.0654 e. The Hall–Kier alpha value is -2.25. The van der Waals surface area contributed by atoms with Crippen LogP contribution < -0.4 is 0 Å². The minimum absolute atomic E-state index is 0.904. The number of unbranched alkanes of at least 4 members (excludes halogenated alkanes) is 51. The third-order valence-corrected chi connectivity index (χ3v) is 20.3. The predicted octanol–water partition coefficient (Wildman–Crippen LogP) is 30.4. The Morgan fingerprint density at radius 3 is 1.06 bits per heavy atom. The maximum absolute atomic E-state index is 11.4. The molecule has 0 saturated carbocycles. The standard InChI is InChI=1S/C30H38N2.2C27H55.Ni/c1-4-7-9-10-12-17-25-18-13-14-21-28(25)29-23-27(19-11-8-5-2)30(32(29)31)26-20-15-16-24(6-3)22-26;2*1-3-5-7-9-11-13-15-17-19-21-23-25-27-26-24-22-20-18-16-14-12-10-8-6-4-2;/h9-10,13-16,18,20-23H,4-8,11-12,17,19H2,1-3H3;2*1,3-27H2,2H3;. The van der Waals surface area contributed by atoms with Gasteiger partial charge >= 0.3 is 166 Å². The first-order valence-electron chi connectivity index (χ1n) is 39.3. The first-order valence-corrected chi connectivity index (χ1v) is 40.7. The summed E-state index contributed by atoms with van der Waals surface area (Å²) >= 11 is 2.05. The third-order valence-electron chi connectivity index (χ3n) is 18.9. The molecule has 3 heteroatoms. The van der Waals surface area contributed by atoms with Crippen molar-refractivity contribution in [1.82, 2.24) is 0 Å². The van der Waals surface area contributed by atoms with Gasteiger partial charge in [0.05, 0.1) is 0 Å². The first-order chi connectivity index (χ1) is 43.1. The Labute approximate surface area is 551 Å². The van der Waals surface area contributed by atoms with Crippen molar-refractivity contribution in [3.8, 4) is 0 Å². The van der Waals surface area contributed by atoms with Crippen LogP contribution in [0.4, 0.5) is 0 Å². The zero-order chi connectivity index (χ0) is 62.2. The minimum atomic E-state index is 0.904. The van der Waals surface area contributed by atoms with Crippen LogP contribution in [0.5, 0.6) is 0 Å². The van der Waals surface area contributed by atoms with Gasteiger partial charge in [-0.15, -0.1) is 0 Å². The fraction of sp³-hybridized carbons (Fsp3) is 0.786. The normalized spacial score (nSPS) is 12.6. The molecule has 0 amide bonds. The predicted molar refractivity (Wildman–Crippen MR) is 389 cm³/mol. The van der Waals surface area contributed by atoms with Gasteiger partial charge < -0.3 is 5.53 Å². The molecule has 2 nitrogen and oxygen atoms in total. The molecular weight excluding hydrogens is 1100 g/mol. The summed E-state index contributed by atoms with van der Waals surface area (Å²) < 4.78 is 1.45. The Kier molecular flexibility index (Phi) is 59.4. The summed E-state index contributed by atoms with van der Waals surface area (Å²) in [5.41, 5.74) is 19.3. The van der Waals surface area contributed by atoms with E-state index in [9.17, 15) is 5.53 Å². The Morgan fingerprint density at radius 1 is 0.345 bits per heavy atom. The van der Waals surface area contributed by atoms with Crippen molar-refractivity contribution in [1.29, 1.82) is 0 Å². The van der Waals surface area contributed by atoms with E-state index in [0.29, 0.717) is 0 Å². The van der Waals surface area contributed by atoms with Gasteiger partial charge in [-0.25, -0.2) is 4.70 Å². The molecule has 1 aliphatic rings. The van der Waals surface area contributed by atoms with Crippen LogP contribution in [0.2, 0.25) is 10.8 Å².